The summed E-state index contributed by atoms with van der Waals surface area (Å²) in [7, 11) is 0. The van der Waals surface area contributed by atoms with E-state index in [1.54, 1.807) is 11.8 Å². The van der Waals surface area contributed by atoms with Crippen LogP contribution in [0.15, 0.2) is 49.1 Å². The first kappa shape index (κ1) is 19.3. The number of nitrogens with zero attached hydrogens (tertiary/aromatic N) is 1. The molecule has 0 bridgehead atoms. The Balaban J connectivity index is 1.84. The van der Waals surface area contributed by atoms with Gasteiger partial charge in [0.25, 0.3) is 0 Å². The Kier molecular flexibility index (Phi) is 6.08. The monoisotopic (exact) mass is 375 g/mol. The first-order chi connectivity index (χ1) is 13.0. The second-order valence-corrected chi connectivity index (χ2v) is 8.10. The Morgan fingerprint density at radius 1 is 1.26 bits per heavy atom. The summed E-state index contributed by atoms with van der Waals surface area (Å²) < 4.78 is 5.72. The van der Waals surface area contributed by atoms with Crippen LogP contribution in [-0.2, 0) is 12.8 Å². The standard InChI is InChI=1S/C24H25NOS/c1-5-24(22-11-7-9-18-8-6-10-21(18)22)27-17(4)19-12-13-23(26-16(2)3)20(14-19)15-25/h5,7,9,11-14,16H,4,6,8,10H2,1-3H3/b24-5-. The average Bonchev–Trinajstić information content (AvgIpc) is 3.14. The number of ether oxygens (including phenoxy) is 1. The van der Waals surface area contributed by atoms with Crippen molar-refractivity contribution in [2.45, 2.75) is 46.1 Å². The molecule has 0 aliphatic heterocycles. The molecule has 2 aromatic carbocycles. The Hall–Kier alpha value is -2.44. The van der Waals surface area contributed by atoms with Crippen LogP contribution in [0.4, 0.5) is 0 Å². The lowest BCUT2D eigenvalue weighted by atomic mass is 10.0. The van der Waals surface area contributed by atoms with Gasteiger partial charge in [-0.15, -0.1) is 0 Å². The molecule has 1 aliphatic rings. The van der Waals surface area contributed by atoms with Crippen LogP contribution in [0, 0.1) is 11.3 Å². The minimum absolute atomic E-state index is 0.0373. The average molecular weight is 376 g/mol. The van der Waals surface area contributed by atoms with Crippen molar-refractivity contribution in [3.8, 4) is 11.8 Å². The summed E-state index contributed by atoms with van der Waals surface area (Å²) in [4.78, 5) is 2.16. The third kappa shape index (κ3) is 4.28. The first-order valence-corrected chi connectivity index (χ1v) is 10.2. The number of fused-ring (bicyclic) bond motifs is 1. The normalized spacial score (nSPS) is 13.4. The molecule has 0 spiro atoms. The van der Waals surface area contributed by atoms with Crippen molar-refractivity contribution in [1.29, 1.82) is 5.26 Å². The number of allylic oxidation sites excluding steroid dienone is 1. The molecule has 0 radical (unpaired) electrons. The maximum Gasteiger partial charge on any atom is 0.137 e. The maximum absolute atomic E-state index is 9.47. The van der Waals surface area contributed by atoms with E-state index in [1.165, 1.54) is 34.4 Å². The molecular weight excluding hydrogens is 350 g/mol. The van der Waals surface area contributed by atoms with Gasteiger partial charge in [0, 0.05) is 9.81 Å². The van der Waals surface area contributed by atoms with Crippen molar-refractivity contribution in [2.75, 3.05) is 0 Å². The molecule has 0 saturated carbocycles. The summed E-state index contributed by atoms with van der Waals surface area (Å²) in [6.07, 6.45) is 5.75. The number of aryl methyl sites for hydroxylation is 1. The zero-order valence-corrected chi connectivity index (χ0v) is 17.0. The fourth-order valence-electron chi connectivity index (χ4n) is 3.46. The SMILES string of the molecule is C=C(S/C(=C\C)c1cccc2c1CCC2)c1ccc(OC(C)C)c(C#N)c1. The smallest absolute Gasteiger partial charge is 0.137 e. The molecule has 1 aliphatic carbocycles. The highest BCUT2D eigenvalue weighted by molar-refractivity contribution is 8.16. The van der Waals surface area contributed by atoms with Crippen LogP contribution in [0.3, 0.4) is 0 Å². The molecule has 2 nitrogen and oxygen atoms in total. The van der Waals surface area contributed by atoms with Crippen LogP contribution in [0.1, 0.15) is 55.0 Å². The summed E-state index contributed by atoms with van der Waals surface area (Å²) in [5, 5.41) is 9.47. The summed E-state index contributed by atoms with van der Waals surface area (Å²) >= 11 is 1.67. The number of hydrogen-bond donors (Lipinski definition) is 0. The van der Waals surface area contributed by atoms with Crippen molar-refractivity contribution < 1.29 is 4.74 Å². The highest BCUT2D eigenvalue weighted by Crippen LogP contribution is 2.42. The predicted molar refractivity (Wildman–Crippen MR) is 116 cm³/mol. The fourth-order valence-corrected chi connectivity index (χ4v) is 4.39. The Morgan fingerprint density at radius 3 is 2.78 bits per heavy atom. The number of rotatable bonds is 6. The van der Waals surface area contributed by atoms with Gasteiger partial charge in [0.05, 0.1) is 11.7 Å². The molecule has 0 saturated heterocycles. The van der Waals surface area contributed by atoms with Gasteiger partial charge < -0.3 is 4.74 Å². The van der Waals surface area contributed by atoms with E-state index in [2.05, 4.69) is 43.8 Å². The Bertz CT molecular complexity index is 934. The van der Waals surface area contributed by atoms with Gasteiger partial charge in [-0.05, 0) is 74.4 Å². The van der Waals surface area contributed by atoms with Gasteiger partial charge in [0.1, 0.15) is 11.8 Å². The maximum atomic E-state index is 9.47. The van der Waals surface area contributed by atoms with E-state index in [0.29, 0.717) is 11.3 Å². The van der Waals surface area contributed by atoms with Gasteiger partial charge in [-0.25, -0.2) is 0 Å². The number of nitriles is 1. The number of benzene rings is 2. The van der Waals surface area contributed by atoms with Crippen molar-refractivity contribution in [2.24, 2.45) is 0 Å². The lowest BCUT2D eigenvalue weighted by Crippen LogP contribution is -2.06. The van der Waals surface area contributed by atoms with Crippen LogP contribution in [0.2, 0.25) is 0 Å². The van der Waals surface area contributed by atoms with Gasteiger partial charge in [-0.2, -0.15) is 5.26 Å². The molecule has 0 amide bonds. The van der Waals surface area contributed by atoms with Gasteiger partial charge in [0.15, 0.2) is 0 Å². The van der Waals surface area contributed by atoms with Crippen LogP contribution in [0.25, 0.3) is 9.81 Å². The first-order valence-electron chi connectivity index (χ1n) is 9.39. The predicted octanol–water partition coefficient (Wildman–Crippen LogP) is 6.60. The molecule has 3 rings (SSSR count). The van der Waals surface area contributed by atoms with E-state index in [1.807, 2.05) is 32.0 Å². The van der Waals surface area contributed by atoms with Gasteiger partial charge >= 0.3 is 0 Å². The van der Waals surface area contributed by atoms with Crippen molar-refractivity contribution >= 4 is 21.6 Å². The van der Waals surface area contributed by atoms with E-state index >= 15 is 0 Å². The molecule has 2 aromatic rings. The van der Waals surface area contributed by atoms with Crippen LogP contribution < -0.4 is 4.74 Å². The third-order valence-electron chi connectivity index (χ3n) is 4.69. The van der Waals surface area contributed by atoms with E-state index in [0.717, 1.165) is 16.9 Å². The van der Waals surface area contributed by atoms with Crippen molar-refractivity contribution in [3.05, 3.63) is 76.9 Å². The fraction of sp³-hybridized carbons (Fsp3) is 0.292. The summed E-state index contributed by atoms with van der Waals surface area (Å²) in [6.45, 7) is 10.3. The van der Waals surface area contributed by atoms with Crippen molar-refractivity contribution in [1.82, 2.24) is 0 Å². The van der Waals surface area contributed by atoms with Crippen LogP contribution in [0.5, 0.6) is 5.75 Å². The minimum Gasteiger partial charge on any atom is -0.490 e. The summed E-state index contributed by atoms with van der Waals surface area (Å²) in [5.74, 6) is 0.626. The molecule has 0 fully saturated rings. The molecule has 27 heavy (non-hydrogen) atoms. The molecule has 138 valence electrons. The second kappa shape index (κ2) is 8.50. The largest absolute Gasteiger partial charge is 0.490 e. The van der Waals surface area contributed by atoms with Crippen LogP contribution >= 0.6 is 11.8 Å². The zero-order valence-electron chi connectivity index (χ0n) is 16.2. The topological polar surface area (TPSA) is 33.0 Å². The Labute approximate surface area is 166 Å². The number of hydrogen-bond acceptors (Lipinski definition) is 3. The highest BCUT2D eigenvalue weighted by atomic mass is 32.2. The van der Waals surface area contributed by atoms with Crippen LogP contribution in [-0.4, -0.2) is 6.10 Å². The summed E-state index contributed by atoms with van der Waals surface area (Å²) in [5.41, 5.74) is 5.77. The lowest BCUT2D eigenvalue weighted by molar-refractivity contribution is 0.241. The van der Waals surface area contributed by atoms with Gasteiger partial charge in [0.2, 0.25) is 0 Å². The van der Waals surface area contributed by atoms with Gasteiger partial charge in [-0.1, -0.05) is 48.7 Å². The van der Waals surface area contributed by atoms with E-state index in [4.69, 9.17) is 4.74 Å². The Morgan fingerprint density at radius 2 is 2.07 bits per heavy atom. The molecule has 0 heterocycles. The van der Waals surface area contributed by atoms with E-state index in [9.17, 15) is 5.26 Å². The second-order valence-electron chi connectivity index (χ2n) is 6.96. The molecule has 0 unspecified atom stereocenters. The summed E-state index contributed by atoms with van der Waals surface area (Å²) in [6, 6.07) is 14.6. The number of thioether (sulfide) groups is 1. The van der Waals surface area contributed by atoms with Crippen molar-refractivity contribution in [3.63, 3.8) is 0 Å². The molecule has 0 atom stereocenters. The van der Waals surface area contributed by atoms with E-state index < -0.39 is 0 Å². The minimum atomic E-state index is 0.0373. The highest BCUT2D eigenvalue weighted by Gasteiger charge is 2.18. The molecule has 0 aromatic heterocycles. The molecule has 3 heteroatoms. The van der Waals surface area contributed by atoms with E-state index in [-0.39, 0.29) is 6.10 Å². The lowest BCUT2D eigenvalue weighted by Gasteiger charge is -2.15. The molecular formula is C24H25NOS. The quantitative estimate of drug-likeness (QED) is 0.570. The molecule has 0 N–H and O–H groups in total. The third-order valence-corrected chi connectivity index (χ3v) is 5.85. The zero-order chi connectivity index (χ0) is 19.4. The van der Waals surface area contributed by atoms with Gasteiger partial charge in [-0.3, -0.25) is 0 Å².